The topological polar surface area (TPSA) is 93.1 Å². The number of halogens is 3. The number of methoxy groups -OCH3 is 1. The van der Waals surface area contributed by atoms with Gasteiger partial charge in [0.25, 0.3) is 0 Å². The van der Waals surface area contributed by atoms with E-state index in [1.54, 1.807) is 18.2 Å². The fourth-order valence-corrected chi connectivity index (χ4v) is 2.35. The summed E-state index contributed by atoms with van der Waals surface area (Å²) in [5.74, 6) is -3.45. The van der Waals surface area contributed by atoms with Gasteiger partial charge < -0.3 is 19.5 Å². The van der Waals surface area contributed by atoms with Crippen LogP contribution in [0, 0.1) is 3.57 Å². The Balaban J connectivity index is 2.71. The minimum absolute atomic E-state index is 0.107. The Morgan fingerprint density at radius 3 is 2.52 bits per heavy atom. The monoisotopic (exact) mass is 471 g/mol. The molecule has 0 saturated carbocycles. The van der Waals surface area contributed by atoms with E-state index in [-0.39, 0.29) is 18.4 Å². The van der Waals surface area contributed by atoms with Crippen LogP contribution in [-0.4, -0.2) is 49.8 Å². The van der Waals surface area contributed by atoms with Crippen molar-refractivity contribution in [2.75, 3.05) is 25.7 Å². The molecule has 1 aromatic carbocycles. The SMILES string of the molecule is COC(=O)c1cc(I)ccc1N(C)C(=O)CCCOC(F)(F)C(=O)O. The van der Waals surface area contributed by atoms with E-state index < -0.39 is 30.6 Å². The number of esters is 1. The normalized spacial score (nSPS) is 11.1. The molecule has 25 heavy (non-hydrogen) atoms. The molecule has 7 nitrogen and oxygen atoms in total. The van der Waals surface area contributed by atoms with Crippen LogP contribution in [0.25, 0.3) is 0 Å². The zero-order chi connectivity index (χ0) is 19.2. The standard InChI is InChI=1S/C15H16F2INO6/c1-19(11-6-5-9(18)8-10(11)13(21)24-2)12(20)4-3-7-25-15(16,17)14(22)23/h5-6,8H,3-4,7H2,1-2H3,(H,22,23). The Morgan fingerprint density at radius 1 is 1.32 bits per heavy atom. The molecule has 1 rings (SSSR count). The lowest BCUT2D eigenvalue weighted by atomic mass is 10.1. The van der Waals surface area contributed by atoms with Crippen LogP contribution in [0.4, 0.5) is 14.5 Å². The molecule has 0 fully saturated rings. The number of hydrogen-bond donors (Lipinski definition) is 1. The van der Waals surface area contributed by atoms with Crippen LogP contribution in [0.15, 0.2) is 18.2 Å². The second kappa shape index (κ2) is 9.04. The summed E-state index contributed by atoms with van der Waals surface area (Å²) in [6.07, 6.45) is -4.56. The zero-order valence-electron chi connectivity index (χ0n) is 13.4. The molecule has 1 amide bonds. The van der Waals surface area contributed by atoms with Gasteiger partial charge in [0.05, 0.1) is 25.0 Å². The lowest BCUT2D eigenvalue weighted by Crippen LogP contribution is -2.32. The predicted octanol–water partition coefficient (Wildman–Crippen LogP) is 2.51. The van der Waals surface area contributed by atoms with Crippen molar-refractivity contribution in [2.24, 2.45) is 0 Å². The molecule has 0 atom stereocenters. The summed E-state index contributed by atoms with van der Waals surface area (Å²) in [4.78, 5) is 35.4. The highest BCUT2D eigenvalue weighted by molar-refractivity contribution is 14.1. The number of carboxylic acid groups (broad SMARTS) is 1. The first-order chi connectivity index (χ1) is 11.6. The Morgan fingerprint density at radius 2 is 1.96 bits per heavy atom. The van der Waals surface area contributed by atoms with E-state index in [0.717, 1.165) is 3.57 Å². The quantitative estimate of drug-likeness (QED) is 0.356. The van der Waals surface area contributed by atoms with Crippen molar-refractivity contribution in [1.82, 2.24) is 0 Å². The molecule has 0 aromatic heterocycles. The minimum Gasteiger partial charge on any atom is -0.475 e. The molecule has 138 valence electrons. The Bertz CT molecular complexity index is 667. The number of rotatable bonds is 8. The van der Waals surface area contributed by atoms with Crippen molar-refractivity contribution in [2.45, 2.75) is 19.0 Å². The molecule has 0 aliphatic carbocycles. The first-order valence-corrected chi connectivity index (χ1v) is 8.07. The Labute approximate surface area is 156 Å². The van der Waals surface area contributed by atoms with Crippen molar-refractivity contribution >= 4 is 46.1 Å². The number of carboxylic acids is 1. The van der Waals surface area contributed by atoms with E-state index in [1.165, 1.54) is 19.1 Å². The van der Waals surface area contributed by atoms with Gasteiger partial charge in [-0.15, -0.1) is 0 Å². The largest absolute Gasteiger partial charge is 0.475 e. The lowest BCUT2D eigenvalue weighted by molar-refractivity contribution is -0.245. The number of hydrogen-bond acceptors (Lipinski definition) is 5. The number of benzene rings is 1. The first kappa shape index (κ1) is 21.2. The van der Waals surface area contributed by atoms with E-state index in [1.807, 2.05) is 22.6 Å². The fraction of sp³-hybridized carbons (Fsp3) is 0.400. The summed E-state index contributed by atoms with van der Waals surface area (Å²) < 4.78 is 34.9. The van der Waals surface area contributed by atoms with Gasteiger partial charge in [0.1, 0.15) is 0 Å². The van der Waals surface area contributed by atoms with Crippen LogP contribution in [-0.2, 0) is 19.1 Å². The molecule has 10 heteroatoms. The highest BCUT2D eigenvalue weighted by Crippen LogP contribution is 2.24. The van der Waals surface area contributed by atoms with Gasteiger partial charge in [0.15, 0.2) is 0 Å². The minimum atomic E-state index is -4.29. The molecule has 0 heterocycles. The third-order valence-electron chi connectivity index (χ3n) is 3.17. The van der Waals surface area contributed by atoms with Crippen LogP contribution in [0.3, 0.4) is 0 Å². The second-order valence-electron chi connectivity index (χ2n) is 4.88. The van der Waals surface area contributed by atoms with E-state index in [9.17, 15) is 23.2 Å². The van der Waals surface area contributed by atoms with Crippen LogP contribution >= 0.6 is 22.6 Å². The third kappa shape index (κ3) is 5.88. The van der Waals surface area contributed by atoms with Gasteiger partial charge in [0.2, 0.25) is 5.91 Å². The molecular weight excluding hydrogens is 455 g/mol. The van der Waals surface area contributed by atoms with Gasteiger partial charge in [-0.1, -0.05) is 0 Å². The number of carbonyl (C=O) groups excluding carboxylic acids is 2. The number of amides is 1. The smallest absolute Gasteiger partial charge is 0.455 e. The molecule has 0 unspecified atom stereocenters. The van der Waals surface area contributed by atoms with Crippen LogP contribution < -0.4 is 4.90 Å². The van der Waals surface area contributed by atoms with Crippen LogP contribution in [0.2, 0.25) is 0 Å². The van der Waals surface area contributed by atoms with Crippen molar-refractivity contribution in [3.05, 3.63) is 27.3 Å². The van der Waals surface area contributed by atoms with E-state index >= 15 is 0 Å². The third-order valence-corrected chi connectivity index (χ3v) is 3.84. The molecule has 0 spiro atoms. The fourth-order valence-electron chi connectivity index (χ4n) is 1.86. The number of nitrogens with zero attached hydrogens (tertiary/aromatic N) is 1. The number of alkyl halides is 2. The molecule has 0 radical (unpaired) electrons. The average Bonchev–Trinajstić information content (AvgIpc) is 2.56. The molecular formula is C15H16F2INO6. The van der Waals surface area contributed by atoms with Crippen molar-refractivity contribution in [3.63, 3.8) is 0 Å². The molecule has 0 aliphatic rings. The molecule has 0 aliphatic heterocycles. The van der Waals surface area contributed by atoms with Crippen molar-refractivity contribution in [3.8, 4) is 0 Å². The van der Waals surface area contributed by atoms with Gasteiger partial charge in [0, 0.05) is 17.0 Å². The van der Waals surface area contributed by atoms with Crippen molar-refractivity contribution < 1.29 is 37.7 Å². The summed E-state index contributed by atoms with van der Waals surface area (Å²) in [5, 5.41) is 8.22. The average molecular weight is 471 g/mol. The van der Waals surface area contributed by atoms with Crippen LogP contribution in [0.1, 0.15) is 23.2 Å². The van der Waals surface area contributed by atoms with E-state index in [0.29, 0.717) is 5.69 Å². The highest BCUT2D eigenvalue weighted by atomic mass is 127. The first-order valence-electron chi connectivity index (χ1n) is 6.99. The number of anilines is 1. The number of carbonyl (C=O) groups is 3. The van der Waals surface area contributed by atoms with Crippen molar-refractivity contribution in [1.29, 1.82) is 0 Å². The van der Waals surface area contributed by atoms with Gasteiger partial charge >= 0.3 is 18.0 Å². The number of aliphatic carboxylic acids is 1. The zero-order valence-corrected chi connectivity index (χ0v) is 15.6. The second-order valence-corrected chi connectivity index (χ2v) is 6.13. The van der Waals surface area contributed by atoms with E-state index in [4.69, 9.17) is 5.11 Å². The molecule has 1 N–H and O–H groups in total. The molecule has 0 bridgehead atoms. The maximum Gasteiger partial charge on any atom is 0.455 e. The predicted molar refractivity (Wildman–Crippen MR) is 91.7 cm³/mol. The lowest BCUT2D eigenvalue weighted by Gasteiger charge is -2.20. The Kier molecular flexibility index (Phi) is 7.67. The summed E-state index contributed by atoms with van der Waals surface area (Å²) in [5.41, 5.74) is 0.507. The number of ether oxygens (including phenoxy) is 2. The Hall–Kier alpha value is -1.82. The highest BCUT2D eigenvalue weighted by Gasteiger charge is 2.40. The van der Waals surface area contributed by atoms with Gasteiger partial charge in [-0.2, -0.15) is 8.78 Å². The van der Waals surface area contributed by atoms with Crippen LogP contribution in [0.5, 0.6) is 0 Å². The maximum atomic E-state index is 12.7. The summed E-state index contributed by atoms with van der Waals surface area (Å²) >= 11 is 2.01. The summed E-state index contributed by atoms with van der Waals surface area (Å²) in [6.45, 7) is -0.602. The van der Waals surface area contributed by atoms with Gasteiger partial charge in [-0.25, -0.2) is 9.59 Å². The molecule has 1 aromatic rings. The molecule has 0 saturated heterocycles. The summed E-state index contributed by atoms with van der Waals surface area (Å²) in [7, 11) is 2.65. The summed E-state index contributed by atoms with van der Waals surface area (Å²) in [6, 6.07) is 4.83. The van der Waals surface area contributed by atoms with E-state index in [2.05, 4.69) is 9.47 Å². The van der Waals surface area contributed by atoms with Gasteiger partial charge in [-0.3, -0.25) is 4.79 Å². The maximum absolute atomic E-state index is 12.7. The van der Waals surface area contributed by atoms with Gasteiger partial charge in [-0.05, 0) is 47.2 Å².